The van der Waals surface area contributed by atoms with Gasteiger partial charge in [0.1, 0.15) is 4.90 Å². The second-order valence-corrected chi connectivity index (χ2v) is 7.49. The summed E-state index contributed by atoms with van der Waals surface area (Å²) in [5.74, 6) is -0.521. The molecule has 0 saturated carbocycles. The zero-order chi connectivity index (χ0) is 15.9. The summed E-state index contributed by atoms with van der Waals surface area (Å²) in [5, 5.41) is 8.87. The number of carbonyl (C=O) groups excluding carboxylic acids is 1. The lowest BCUT2D eigenvalue weighted by atomic mass is 10.1. The number of aromatic amines is 1. The number of unbranched alkanes of at least 4 members (excludes halogenated alkanes) is 5. The Morgan fingerprint density at radius 2 is 1.86 bits per heavy atom. The Morgan fingerprint density at radius 3 is 2.48 bits per heavy atom. The van der Waals surface area contributed by atoms with Crippen molar-refractivity contribution in [2.24, 2.45) is 0 Å². The highest BCUT2D eigenvalue weighted by molar-refractivity contribution is 8.13. The molecule has 0 aliphatic heterocycles. The van der Waals surface area contributed by atoms with Crippen LogP contribution in [0.25, 0.3) is 0 Å². The second-order valence-electron chi connectivity index (χ2n) is 4.99. The van der Waals surface area contributed by atoms with Gasteiger partial charge in [0.05, 0.1) is 5.69 Å². The molecule has 0 spiro atoms. The SMILES string of the molecule is CCCCCCCCNC(=O)c1n[nH]c(C)c1S(=O)(=O)Cl. The van der Waals surface area contributed by atoms with Gasteiger partial charge < -0.3 is 5.32 Å². The summed E-state index contributed by atoms with van der Waals surface area (Å²) in [6.45, 7) is 4.17. The average Bonchev–Trinajstić information content (AvgIpc) is 2.79. The minimum Gasteiger partial charge on any atom is -0.351 e. The molecule has 1 aromatic heterocycles. The lowest BCUT2D eigenvalue weighted by molar-refractivity contribution is 0.0944. The number of H-pyrrole nitrogens is 1. The predicted octanol–water partition coefficient (Wildman–Crippen LogP) is 2.74. The Hall–Kier alpha value is -1.08. The van der Waals surface area contributed by atoms with Crippen LogP contribution in [0.1, 0.15) is 61.6 Å². The maximum Gasteiger partial charge on any atom is 0.273 e. The van der Waals surface area contributed by atoms with Crippen molar-refractivity contribution < 1.29 is 13.2 Å². The molecular formula is C13H22ClN3O3S. The van der Waals surface area contributed by atoms with E-state index >= 15 is 0 Å². The summed E-state index contributed by atoms with van der Waals surface area (Å²) >= 11 is 0. The Kier molecular flexibility index (Phi) is 7.17. The molecule has 1 aromatic rings. The Labute approximate surface area is 130 Å². The largest absolute Gasteiger partial charge is 0.351 e. The van der Waals surface area contributed by atoms with Crippen LogP contribution in [-0.2, 0) is 9.05 Å². The van der Waals surface area contributed by atoms with Gasteiger partial charge >= 0.3 is 0 Å². The number of nitrogens with one attached hydrogen (secondary N) is 2. The fraction of sp³-hybridized carbons (Fsp3) is 0.692. The van der Waals surface area contributed by atoms with Crippen molar-refractivity contribution in [3.8, 4) is 0 Å². The van der Waals surface area contributed by atoms with E-state index in [4.69, 9.17) is 10.7 Å². The lowest BCUT2D eigenvalue weighted by Crippen LogP contribution is -2.26. The fourth-order valence-corrected chi connectivity index (χ4v) is 3.41. The molecule has 8 heteroatoms. The van der Waals surface area contributed by atoms with Crippen LogP contribution < -0.4 is 5.32 Å². The van der Waals surface area contributed by atoms with E-state index in [1.807, 2.05) is 0 Å². The van der Waals surface area contributed by atoms with Gasteiger partial charge in [-0.1, -0.05) is 39.0 Å². The van der Waals surface area contributed by atoms with Crippen molar-refractivity contribution in [2.75, 3.05) is 6.54 Å². The summed E-state index contributed by atoms with van der Waals surface area (Å²) in [4.78, 5) is 11.7. The molecule has 2 N–H and O–H groups in total. The van der Waals surface area contributed by atoms with E-state index in [9.17, 15) is 13.2 Å². The van der Waals surface area contributed by atoms with Crippen LogP contribution in [0.2, 0.25) is 0 Å². The number of amides is 1. The van der Waals surface area contributed by atoms with Crippen molar-refractivity contribution in [1.29, 1.82) is 0 Å². The van der Waals surface area contributed by atoms with E-state index < -0.39 is 15.0 Å². The molecule has 21 heavy (non-hydrogen) atoms. The van der Waals surface area contributed by atoms with Gasteiger partial charge in [-0.25, -0.2) is 8.42 Å². The topological polar surface area (TPSA) is 91.9 Å². The van der Waals surface area contributed by atoms with Gasteiger partial charge in [-0.2, -0.15) is 5.10 Å². The molecule has 6 nitrogen and oxygen atoms in total. The van der Waals surface area contributed by atoms with Gasteiger partial charge in [-0.3, -0.25) is 9.89 Å². The number of carbonyl (C=O) groups is 1. The second kappa shape index (κ2) is 8.38. The third-order valence-corrected chi connectivity index (χ3v) is 4.62. The van der Waals surface area contributed by atoms with Crippen molar-refractivity contribution in [3.05, 3.63) is 11.4 Å². The van der Waals surface area contributed by atoms with Crippen molar-refractivity contribution in [3.63, 3.8) is 0 Å². The molecule has 120 valence electrons. The van der Waals surface area contributed by atoms with Crippen LogP contribution >= 0.6 is 10.7 Å². The zero-order valence-corrected chi connectivity index (χ0v) is 14.0. The van der Waals surface area contributed by atoms with E-state index in [2.05, 4.69) is 22.4 Å². The number of halogens is 1. The Morgan fingerprint density at radius 1 is 1.24 bits per heavy atom. The third-order valence-electron chi connectivity index (χ3n) is 3.17. The van der Waals surface area contributed by atoms with Gasteiger partial charge in [0.2, 0.25) is 0 Å². The van der Waals surface area contributed by atoms with Crippen LogP contribution in [-0.4, -0.2) is 31.1 Å². The average molecular weight is 336 g/mol. The molecule has 0 radical (unpaired) electrons. The monoisotopic (exact) mass is 335 g/mol. The highest BCUT2D eigenvalue weighted by Crippen LogP contribution is 2.21. The van der Waals surface area contributed by atoms with Crippen molar-refractivity contribution in [1.82, 2.24) is 15.5 Å². The Bertz CT molecular complexity index is 569. The van der Waals surface area contributed by atoms with Gasteiger partial charge in [-0.05, 0) is 13.3 Å². The minimum atomic E-state index is -3.99. The molecule has 1 heterocycles. The molecule has 0 saturated heterocycles. The van der Waals surface area contributed by atoms with Crippen LogP contribution in [0.15, 0.2) is 4.90 Å². The highest BCUT2D eigenvalue weighted by Gasteiger charge is 2.26. The fourth-order valence-electron chi connectivity index (χ4n) is 2.06. The molecular weight excluding hydrogens is 314 g/mol. The molecule has 0 aliphatic carbocycles. The van der Waals surface area contributed by atoms with E-state index in [0.29, 0.717) is 6.54 Å². The van der Waals surface area contributed by atoms with Crippen LogP contribution in [0.3, 0.4) is 0 Å². The first-order valence-corrected chi connectivity index (χ1v) is 9.46. The number of aryl methyl sites for hydroxylation is 1. The summed E-state index contributed by atoms with van der Waals surface area (Å²) in [5.41, 5.74) is 0.0863. The molecule has 0 aromatic carbocycles. The van der Waals surface area contributed by atoms with Crippen LogP contribution in [0.4, 0.5) is 0 Å². The molecule has 0 atom stereocenters. The van der Waals surface area contributed by atoms with Gasteiger partial charge in [-0.15, -0.1) is 0 Å². The van der Waals surface area contributed by atoms with Crippen molar-refractivity contribution >= 4 is 25.6 Å². The molecule has 0 bridgehead atoms. The first-order valence-electron chi connectivity index (χ1n) is 7.15. The summed E-state index contributed by atoms with van der Waals surface area (Å²) < 4.78 is 22.9. The minimum absolute atomic E-state index is 0.173. The number of hydrogen-bond donors (Lipinski definition) is 2. The normalized spacial score (nSPS) is 11.6. The van der Waals surface area contributed by atoms with E-state index in [0.717, 1.165) is 19.3 Å². The zero-order valence-electron chi connectivity index (χ0n) is 12.4. The first-order chi connectivity index (χ1) is 9.88. The number of nitrogens with zero attached hydrogens (tertiary/aromatic N) is 1. The molecule has 0 aliphatic rings. The highest BCUT2D eigenvalue weighted by atomic mass is 35.7. The smallest absolute Gasteiger partial charge is 0.273 e. The van der Waals surface area contributed by atoms with Gasteiger partial charge in [0.15, 0.2) is 5.69 Å². The maximum absolute atomic E-state index is 11.9. The van der Waals surface area contributed by atoms with Gasteiger partial charge in [0.25, 0.3) is 15.0 Å². The van der Waals surface area contributed by atoms with Crippen LogP contribution in [0, 0.1) is 6.92 Å². The number of hydrogen-bond acceptors (Lipinski definition) is 4. The molecule has 1 amide bonds. The Balaban J connectivity index is 2.47. The summed E-state index contributed by atoms with van der Waals surface area (Å²) in [6, 6.07) is 0. The quantitative estimate of drug-likeness (QED) is 0.536. The molecule has 1 rings (SSSR count). The lowest BCUT2D eigenvalue weighted by Gasteiger charge is -2.04. The van der Waals surface area contributed by atoms with E-state index in [1.165, 1.54) is 26.2 Å². The van der Waals surface area contributed by atoms with Crippen LogP contribution in [0.5, 0.6) is 0 Å². The summed E-state index contributed by atoms with van der Waals surface area (Å²) in [6.07, 6.45) is 6.69. The number of rotatable bonds is 9. The molecule has 0 fully saturated rings. The maximum atomic E-state index is 11.9. The van der Waals surface area contributed by atoms with Gasteiger partial charge in [0, 0.05) is 17.2 Å². The van der Waals surface area contributed by atoms with E-state index in [1.54, 1.807) is 0 Å². The standard InChI is InChI=1S/C13H22ClN3O3S/c1-3-4-5-6-7-8-9-15-13(18)11-12(21(14,19)20)10(2)16-17-11/h3-9H2,1-2H3,(H,15,18)(H,16,17). The summed E-state index contributed by atoms with van der Waals surface area (Å²) in [7, 11) is 1.33. The third kappa shape index (κ3) is 5.67. The van der Waals surface area contributed by atoms with E-state index in [-0.39, 0.29) is 16.3 Å². The predicted molar refractivity (Wildman–Crippen MR) is 82.1 cm³/mol. The number of aromatic nitrogens is 2. The van der Waals surface area contributed by atoms with Crippen molar-refractivity contribution in [2.45, 2.75) is 57.3 Å². The molecule has 0 unspecified atom stereocenters. The first kappa shape index (κ1) is 18.0.